The molecule has 0 saturated heterocycles. The highest BCUT2D eigenvalue weighted by Crippen LogP contribution is 2.26. The molecule has 1 N–H and O–H groups in total. The van der Waals surface area contributed by atoms with Crippen molar-refractivity contribution in [2.75, 3.05) is 5.32 Å². The van der Waals surface area contributed by atoms with Crippen LogP contribution in [0.4, 0.5) is 18.9 Å². The molecule has 2 rings (SSSR count). The van der Waals surface area contributed by atoms with E-state index in [9.17, 15) is 13.2 Å². The summed E-state index contributed by atoms with van der Waals surface area (Å²) in [7, 11) is 0. The van der Waals surface area contributed by atoms with E-state index in [-0.39, 0.29) is 17.6 Å². The SMILES string of the molecule is CC(C)(C)c1nc(CNc2c(F)cc(F)cc2F)cs1. The summed E-state index contributed by atoms with van der Waals surface area (Å²) in [5.41, 5.74) is 0.301. The molecule has 0 radical (unpaired) electrons. The molecule has 1 aromatic carbocycles. The maximum atomic E-state index is 13.4. The second kappa shape index (κ2) is 5.44. The summed E-state index contributed by atoms with van der Waals surface area (Å²) >= 11 is 1.50. The first-order chi connectivity index (χ1) is 9.27. The van der Waals surface area contributed by atoms with Crippen LogP contribution in [0.2, 0.25) is 0 Å². The predicted molar refractivity (Wildman–Crippen MR) is 74.5 cm³/mol. The van der Waals surface area contributed by atoms with Crippen molar-refractivity contribution in [2.45, 2.75) is 32.7 Å². The standard InChI is InChI=1S/C14H15F3N2S/c1-14(2,3)13-19-9(7-20-13)6-18-12-10(16)4-8(15)5-11(12)17/h4-5,7,18H,6H2,1-3H3. The maximum Gasteiger partial charge on any atom is 0.152 e. The van der Waals surface area contributed by atoms with Gasteiger partial charge in [-0.3, -0.25) is 0 Å². The van der Waals surface area contributed by atoms with Crippen LogP contribution < -0.4 is 5.32 Å². The van der Waals surface area contributed by atoms with Crippen molar-refractivity contribution in [3.63, 3.8) is 0 Å². The molecule has 0 aliphatic rings. The van der Waals surface area contributed by atoms with Crippen molar-refractivity contribution < 1.29 is 13.2 Å². The molecular weight excluding hydrogens is 285 g/mol. The monoisotopic (exact) mass is 300 g/mol. The highest BCUT2D eigenvalue weighted by atomic mass is 32.1. The number of rotatable bonds is 3. The number of nitrogens with one attached hydrogen (secondary N) is 1. The van der Waals surface area contributed by atoms with E-state index in [1.807, 2.05) is 26.2 Å². The average Bonchev–Trinajstić information content (AvgIpc) is 2.75. The van der Waals surface area contributed by atoms with Gasteiger partial charge in [0.1, 0.15) is 11.5 Å². The third kappa shape index (κ3) is 3.30. The first-order valence-electron chi connectivity index (χ1n) is 6.10. The Bertz CT molecular complexity index is 594. The first-order valence-corrected chi connectivity index (χ1v) is 6.98. The Balaban J connectivity index is 2.12. The van der Waals surface area contributed by atoms with Crippen molar-refractivity contribution >= 4 is 17.0 Å². The Morgan fingerprint density at radius 1 is 1.15 bits per heavy atom. The summed E-state index contributed by atoms with van der Waals surface area (Å²) in [4.78, 5) is 4.41. The molecular formula is C14H15F3N2S. The van der Waals surface area contributed by atoms with Crippen LogP contribution in [0.5, 0.6) is 0 Å². The molecule has 2 nitrogen and oxygen atoms in total. The van der Waals surface area contributed by atoms with E-state index in [0.29, 0.717) is 17.8 Å². The van der Waals surface area contributed by atoms with Gasteiger partial charge in [0.05, 0.1) is 17.2 Å². The minimum Gasteiger partial charge on any atom is -0.375 e. The Labute approximate surface area is 119 Å². The molecule has 6 heteroatoms. The lowest BCUT2D eigenvalue weighted by Crippen LogP contribution is -2.11. The molecule has 0 unspecified atom stereocenters. The van der Waals surface area contributed by atoms with Crippen LogP contribution in [0.15, 0.2) is 17.5 Å². The van der Waals surface area contributed by atoms with Crippen LogP contribution in [0.25, 0.3) is 0 Å². The summed E-state index contributed by atoms with van der Waals surface area (Å²) in [6.07, 6.45) is 0. The van der Waals surface area contributed by atoms with E-state index in [4.69, 9.17) is 0 Å². The minimum absolute atomic E-state index is 0.0602. The molecule has 0 bridgehead atoms. The smallest absolute Gasteiger partial charge is 0.152 e. The first kappa shape index (κ1) is 14.8. The molecule has 0 spiro atoms. The lowest BCUT2D eigenvalue weighted by molar-refractivity contribution is 0.547. The summed E-state index contributed by atoms with van der Waals surface area (Å²) in [5, 5.41) is 5.41. The van der Waals surface area contributed by atoms with Crippen LogP contribution in [-0.2, 0) is 12.0 Å². The second-order valence-electron chi connectivity index (χ2n) is 5.49. The third-order valence-corrected chi connectivity index (χ3v) is 3.96. The van der Waals surface area contributed by atoms with Gasteiger partial charge in [0.25, 0.3) is 0 Å². The summed E-state index contributed by atoms with van der Waals surface area (Å²) in [6.45, 7) is 6.32. The molecule has 1 aromatic heterocycles. The van der Waals surface area contributed by atoms with Crippen molar-refractivity contribution in [3.8, 4) is 0 Å². The van der Waals surface area contributed by atoms with Crippen LogP contribution in [-0.4, -0.2) is 4.98 Å². The van der Waals surface area contributed by atoms with Gasteiger partial charge >= 0.3 is 0 Å². The van der Waals surface area contributed by atoms with Gasteiger partial charge in [-0.25, -0.2) is 18.2 Å². The number of thiazole rings is 1. The van der Waals surface area contributed by atoms with Gasteiger partial charge in [0, 0.05) is 22.9 Å². The zero-order valence-electron chi connectivity index (χ0n) is 11.4. The van der Waals surface area contributed by atoms with Gasteiger partial charge in [-0.15, -0.1) is 11.3 Å². The number of benzene rings is 1. The molecule has 108 valence electrons. The van der Waals surface area contributed by atoms with Gasteiger partial charge < -0.3 is 5.32 Å². The lowest BCUT2D eigenvalue weighted by atomic mass is 9.98. The third-order valence-electron chi connectivity index (χ3n) is 2.65. The van der Waals surface area contributed by atoms with Gasteiger partial charge in [-0.05, 0) is 0 Å². The van der Waals surface area contributed by atoms with Crippen LogP contribution in [0, 0.1) is 17.5 Å². The van der Waals surface area contributed by atoms with Gasteiger partial charge in [0.2, 0.25) is 0 Å². The maximum absolute atomic E-state index is 13.4. The molecule has 1 heterocycles. The fourth-order valence-corrected chi connectivity index (χ4v) is 2.53. The van der Waals surface area contributed by atoms with Gasteiger partial charge in [-0.2, -0.15) is 0 Å². The normalized spacial score (nSPS) is 11.7. The van der Waals surface area contributed by atoms with Crippen LogP contribution in [0.3, 0.4) is 0 Å². The summed E-state index contributed by atoms with van der Waals surface area (Å²) in [5.74, 6) is -2.84. The number of hydrogen-bond acceptors (Lipinski definition) is 3. The number of nitrogens with zero attached hydrogens (tertiary/aromatic N) is 1. The van der Waals surface area contributed by atoms with Crippen LogP contribution >= 0.6 is 11.3 Å². The Morgan fingerprint density at radius 3 is 2.25 bits per heavy atom. The van der Waals surface area contributed by atoms with Crippen LogP contribution in [0.1, 0.15) is 31.5 Å². The van der Waals surface area contributed by atoms with Crippen molar-refractivity contribution in [1.82, 2.24) is 4.98 Å². The fourth-order valence-electron chi connectivity index (χ4n) is 1.62. The summed E-state index contributed by atoms with van der Waals surface area (Å²) in [6, 6.07) is 1.29. The minimum atomic E-state index is -0.950. The predicted octanol–water partition coefficient (Wildman–Crippen LogP) is 4.47. The number of halogens is 3. The van der Waals surface area contributed by atoms with Gasteiger partial charge in [0.15, 0.2) is 11.6 Å². The Morgan fingerprint density at radius 2 is 1.75 bits per heavy atom. The lowest BCUT2D eigenvalue weighted by Gasteiger charge is -2.13. The van der Waals surface area contributed by atoms with Crippen molar-refractivity contribution in [2.24, 2.45) is 0 Å². The van der Waals surface area contributed by atoms with E-state index in [2.05, 4.69) is 10.3 Å². The molecule has 20 heavy (non-hydrogen) atoms. The van der Waals surface area contributed by atoms with Crippen molar-refractivity contribution in [1.29, 1.82) is 0 Å². The quantitative estimate of drug-likeness (QED) is 0.904. The molecule has 0 aliphatic carbocycles. The number of aromatic nitrogens is 1. The fraction of sp³-hybridized carbons (Fsp3) is 0.357. The highest BCUT2D eigenvalue weighted by Gasteiger charge is 2.18. The number of hydrogen-bond donors (Lipinski definition) is 1. The topological polar surface area (TPSA) is 24.9 Å². The van der Waals surface area contributed by atoms with E-state index < -0.39 is 17.5 Å². The highest BCUT2D eigenvalue weighted by molar-refractivity contribution is 7.09. The Kier molecular flexibility index (Phi) is 4.04. The average molecular weight is 300 g/mol. The summed E-state index contributed by atoms with van der Waals surface area (Å²) < 4.78 is 39.7. The van der Waals surface area contributed by atoms with E-state index in [0.717, 1.165) is 5.01 Å². The van der Waals surface area contributed by atoms with E-state index in [1.165, 1.54) is 11.3 Å². The molecule has 0 amide bonds. The molecule has 0 fully saturated rings. The van der Waals surface area contributed by atoms with Gasteiger partial charge in [-0.1, -0.05) is 20.8 Å². The molecule has 0 atom stereocenters. The zero-order chi connectivity index (χ0) is 14.9. The van der Waals surface area contributed by atoms with Crippen molar-refractivity contribution in [3.05, 3.63) is 45.7 Å². The Hall–Kier alpha value is -1.56. The zero-order valence-corrected chi connectivity index (χ0v) is 12.2. The number of anilines is 1. The van der Waals surface area contributed by atoms with E-state index >= 15 is 0 Å². The largest absolute Gasteiger partial charge is 0.375 e. The van der Waals surface area contributed by atoms with E-state index in [1.54, 1.807) is 0 Å². The molecule has 2 aromatic rings. The second-order valence-corrected chi connectivity index (χ2v) is 6.35. The molecule has 0 saturated carbocycles. The molecule has 0 aliphatic heterocycles.